The molecule has 130 valence electrons. The minimum Gasteiger partial charge on any atom is -0.366 e. The molecule has 2 aliphatic carbocycles. The highest BCUT2D eigenvalue weighted by molar-refractivity contribution is 7.98. The second-order valence-electron chi connectivity index (χ2n) is 6.47. The highest BCUT2D eigenvalue weighted by Gasteiger charge is 2.36. The Morgan fingerprint density at radius 1 is 1.32 bits per heavy atom. The highest BCUT2D eigenvalue weighted by atomic mass is 32.2. The average Bonchev–Trinajstić information content (AvgIpc) is 3.51. The zero-order chi connectivity index (χ0) is 17.6. The van der Waals surface area contributed by atoms with E-state index < -0.39 is 10.8 Å². The van der Waals surface area contributed by atoms with E-state index in [0.29, 0.717) is 23.3 Å². The molecule has 8 nitrogen and oxygen atoms in total. The van der Waals surface area contributed by atoms with E-state index in [1.54, 1.807) is 6.07 Å². The van der Waals surface area contributed by atoms with E-state index in [2.05, 4.69) is 14.8 Å². The van der Waals surface area contributed by atoms with E-state index in [9.17, 15) is 14.9 Å². The molecule has 2 aliphatic rings. The first-order valence-electron chi connectivity index (χ1n) is 8.19. The number of benzene rings is 1. The van der Waals surface area contributed by atoms with Crippen LogP contribution in [0.4, 0.5) is 5.69 Å². The van der Waals surface area contributed by atoms with Crippen molar-refractivity contribution in [1.82, 2.24) is 14.8 Å². The fourth-order valence-electron chi connectivity index (χ4n) is 2.83. The Morgan fingerprint density at radius 3 is 2.68 bits per heavy atom. The molecule has 1 amide bonds. The van der Waals surface area contributed by atoms with Crippen LogP contribution >= 0.6 is 11.8 Å². The van der Waals surface area contributed by atoms with Gasteiger partial charge in [0.05, 0.1) is 4.92 Å². The van der Waals surface area contributed by atoms with E-state index >= 15 is 0 Å². The number of nitro benzene ring substituents is 1. The molecule has 2 aromatic rings. The van der Waals surface area contributed by atoms with Crippen molar-refractivity contribution in [3.05, 3.63) is 45.3 Å². The Morgan fingerprint density at radius 2 is 2.08 bits per heavy atom. The number of hydrogen-bond acceptors (Lipinski definition) is 6. The normalized spacial score (nSPS) is 16.8. The summed E-state index contributed by atoms with van der Waals surface area (Å²) in [6, 6.07) is 4.82. The Bertz CT molecular complexity index is 857. The van der Waals surface area contributed by atoms with E-state index in [1.807, 2.05) is 0 Å². The van der Waals surface area contributed by atoms with Crippen molar-refractivity contribution in [1.29, 1.82) is 0 Å². The molecule has 0 atom stereocenters. The number of carbonyl (C=O) groups is 1. The summed E-state index contributed by atoms with van der Waals surface area (Å²) in [5.41, 5.74) is 5.79. The fraction of sp³-hybridized carbons (Fsp3) is 0.438. The summed E-state index contributed by atoms with van der Waals surface area (Å²) in [6.07, 6.45) is 4.60. The number of aromatic nitrogens is 3. The van der Waals surface area contributed by atoms with E-state index in [-0.39, 0.29) is 11.3 Å². The van der Waals surface area contributed by atoms with Crippen molar-refractivity contribution in [2.24, 2.45) is 5.73 Å². The Labute approximate surface area is 148 Å². The second-order valence-corrected chi connectivity index (χ2v) is 7.41. The SMILES string of the molecule is NC(=O)c1ccc(CSc2nnc(C3CC3)n2C2CC2)c([N+](=O)[O-])c1. The van der Waals surface area contributed by atoms with Crippen LogP contribution in [0.3, 0.4) is 0 Å². The van der Waals surface area contributed by atoms with Crippen molar-refractivity contribution >= 4 is 23.4 Å². The molecule has 2 saturated carbocycles. The Balaban J connectivity index is 1.57. The standard InChI is InChI=1S/C16H17N5O3S/c17-14(22)10-3-4-11(13(7-10)21(23)24)8-25-16-19-18-15(9-1-2-9)20(16)12-5-6-12/h3-4,7,9,12H,1-2,5-6,8H2,(H2,17,22). The molecule has 0 spiro atoms. The first-order chi connectivity index (χ1) is 12.0. The van der Waals surface area contributed by atoms with Crippen molar-refractivity contribution in [3.63, 3.8) is 0 Å². The van der Waals surface area contributed by atoms with Gasteiger partial charge in [0.1, 0.15) is 5.82 Å². The van der Waals surface area contributed by atoms with E-state index in [4.69, 9.17) is 5.73 Å². The van der Waals surface area contributed by atoms with Crippen LogP contribution < -0.4 is 5.73 Å². The van der Waals surface area contributed by atoms with Gasteiger partial charge in [-0.1, -0.05) is 17.8 Å². The zero-order valence-corrected chi connectivity index (χ0v) is 14.2. The third kappa shape index (κ3) is 3.23. The summed E-state index contributed by atoms with van der Waals surface area (Å²) < 4.78 is 2.21. The van der Waals surface area contributed by atoms with Crippen LogP contribution in [0.2, 0.25) is 0 Å². The molecule has 4 rings (SSSR count). The second kappa shape index (κ2) is 6.14. The van der Waals surface area contributed by atoms with Gasteiger partial charge in [0, 0.05) is 34.9 Å². The molecule has 0 bridgehead atoms. The number of thioether (sulfide) groups is 1. The largest absolute Gasteiger partial charge is 0.366 e. The Hall–Kier alpha value is -2.42. The van der Waals surface area contributed by atoms with Gasteiger partial charge < -0.3 is 10.3 Å². The lowest BCUT2D eigenvalue weighted by molar-refractivity contribution is -0.385. The molecule has 1 aromatic heterocycles. The molecule has 2 fully saturated rings. The summed E-state index contributed by atoms with van der Waals surface area (Å²) in [5, 5.41) is 20.8. The molecule has 1 heterocycles. The molecule has 9 heteroatoms. The molecule has 2 N–H and O–H groups in total. The first-order valence-corrected chi connectivity index (χ1v) is 9.18. The predicted molar refractivity (Wildman–Crippen MR) is 91.4 cm³/mol. The van der Waals surface area contributed by atoms with Crippen molar-refractivity contribution < 1.29 is 9.72 Å². The van der Waals surface area contributed by atoms with Crippen molar-refractivity contribution in [2.75, 3.05) is 0 Å². The van der Waals surface area contributed by atoms with Crippen LogP contribution in [0, 0.1) is 10.1 Å². The van der Waals surface area contributed by atoms with Gasteiger partial charge in [-0.25, -0.2) is 0 Å². The Kier molecular flexibility index (Phi) is 3.95. The highest BCUT2D eigenvalue weighted by Crippen LogP contribution is 2.46. The lowest BCUT2D eigenvalue weighted by Crippen LogP contribution is -2.11. The van der Waals surface area contributed by atoms with Crippen LogP contribution in [0.25, 0.3) is 0 Å². The van der Waals surface area contributed by atoms with Gasteiger partial charge in [0.25, 0.3) is 5.69 Å². The average molecular weight is 359 g/mol. The minimum atomic E-state index is -0.676. The third-order valence-corrected chi connectivity index (χ3v) is 5.46. The number of nitrogens with zero attached hydrogens (tertiary/aromatic N) is 4. The molecule has 0 aliphatic heterocycles. The van der Waals surface area contributed by atoms with Gasteiger partial charge in [-0.3, -0.25) is 14.9 Å². The molecule has 0 unspecified atom stereocenters. The number of carbonyl (C=O) groups excluding carboxylic acids is 1. The number of hydrogen-bond donors (Lipinski definition) is 1. The smallest absolute Gasteiger partial charge is 0.274 e. The number of amides is 1. The zero-order valence-electron chi connectivity index (χ0n) is 13.4. The minimum absolute atomic E-state index is 0.0938. The molecule has 0 radical (unpaired) electrons. The number of primary amides is 1. The first kappa shape index (κ1) is 16.1. The van der Waals surface area contributed by atoms with E-state index in [0.717, 1.165) is 36.7 Å². The van der Waals surface area contributed by atoms with Crippen molar-refractivity contribution in [2.45, 2.75) is 48.6 Å². The van der Waals surface area contributed by atoms with Crippen LogP contribution in [0.15, 0.2) is 23.4 Å². The maximum atomic E-state index is 11.3. The van der Waals surface area contributed by atoms with Gasteiger partial charge in [-0.15, -0.1) is 10.2 Å². The summed E-state index contributed by atoms with van der Waals surface area (Å²) in [6.45, 7) is 0. The van der Waals surface area contributed by atoms with Gasteiger partial charge in [-0.2, -0.15) is 0 Å². The van der Waals surface area contributed by atoms with Gasteiger partial charge in [0.2, 0.25) is 5.91 Å². The maximum absolute atomic E-state index is 11.3. The molecular formula is C16H17N5O3S. The predicted octanol–water partition coefficient (Wildman–Crippen LogP) is 2.79. The number of rotatable bonds is 7. The lowest BCUT2D eigenvalue weighted by Gasteiger charge is -2.08. The molecule has 1 aromatic carbocycles. The van der Waals surface area contributed by atoms with Crippen LogP contribution in [-0.2, 0) is 5.75 Å². The monoisotopic (exact) mass is 359 g/mol. The molecular weight excluding hydrogens is 342 g/mol. The quantitative estimate of drug-likeness (QED) is 0.461. The maximum Gasteiger partial charge on any atom is 0.274 e. The van der Waals surface area contributed by atoms with Crippen LogP contribution in [0.5, 0.6) is 0 Å². The van der Waals surface area contributed by atoms with Gasteiger partial charge >= 0.3 is 0 Å². The van der Waals surface area contributed by atoms with Crippen LogP contribution in [0.1, 0.15) is 59.4 Å². The van der Waals surface area contributed by atoms with Crippen LogP contribution in [-0.4, -0.2) is 25.6 Å². The topological polar surface area (TPSA) is 117 Å². The fourth-order valence-corrected chi connectivity index (χ4v) is 3.84. The molecule has 0 saturated heterocycles. The summed E-state index contributed by atoms with van der Waals surface area (Å²) in [5.74, 6) is 1.30. The third-order valence-electron chi connectivity index (χ3n) is 4.47. The summed E-state index contributed by atoms with van der Waals surface area (Å²) in [4.78, 5) is 22.1. The summed E-state index contributed by atoms with van der Waals surface area (Å²) >= 11 is 1.45. The number of nitrogens with two attached hydrogens (primary N) is 1. The lowest BCUT2D eigenvalue weighted by atomic mass is 10.1. The van der Waals surface area contributed by atoms with Gasteiger partial charge in [-0.05, 0) is 31.7 Å². The van der Waals surface area contributed by atoms with Gasteiger partial charge in [0.15, 0.2) is 5.16 Å². The number of nitro groups is 1. The van der Waals surface area contributed by atoms with E-state index in [1.165, 1.54) is 23.9 Å². The van der Waals surface area contributed by atoms with Crippen molar-refractivity contribution in [3.8, 4) is 0 Å². The summed E-state index contributed by atoms with van der Waals surface area (Å²) in [7, 11) is 0. The molecule has 25 heavy (non-hydrogen) atoms.